The van der Waals surface area contributed by atoms with E-state index in [2.05, 4.69) is 64.5 Å². The third kappa shape index (κ3) is 3.89. The zero-order valence-electron chi connectivity index (χ0n) is 27.5. The predicted molar refractivity (Wildman–Crippen MR) is 171 cm³/mol. The number of carbonyl (C=O) groups excluding carboxylic acids is 1. The van der Waals surface area contributed by atoms with E-state index < -0.39 is 8.56 Å². The molecule has 0 amide bonds. The second kappa shape index (κ2) is 10.5. The van der Waals surface area contributed by atoms with E-state index in [1.54, 1.807) is 5.69 Å². The number of Topliss-reactive ketones (excluding diaryl/α,β-unsaturated/α-hetero) is 1. The molecule has 2 aromatic rings. The zero-order chi connectivity index (χ0) is 29.7. The van der Waals surface area contributed by atoms with Crippen molar-refractivity contribution in [3.8, 4) is 0 Å². The number of aromatic nitrogens is 2. The van der Waals surface area contributed by atoms with Crippen molar-refractivity contribution in [3.05, 3.63) is 45.0 Å². The molecule has 6 heteroatoms. The van der Waals surface area contributed by atoms with E-state index in [0.717, 1.165) is 44.1 Å². The highest BCUT2D eigenvalue weighted by atomic mass is 28.4. The van der Waals surface area contributed by atoms with E-state index in [0.29, 0.717) is 28.9 Å². The van der Waals surface area contributed by atoms with Gasteiger partial charge in [-0.3, -0.25) is 4.79 Å². The molecule has 0 aromatic carbocycles. The van der Waals surface area contributed by atoms with Crippen LogP contribution in [-0.4, -0.2) is 29.6 Å². The lowest BCUT2D eigenvalue weighted by atomic mass is 9.75. The van der Waals surface area contributed by atoms with Crippen molar-refractivity contribution in [2.24, 2.45) is 5.92 Å². The van der Waals surface area contributed by atoms with E-state index in [-0.39, 0.29) is 24.0 Å². The summed E-state index contributed by atoms with van der Waals surface area (Å²) in [5.41, 5.74) is 11.9. The molecule has 0 fully saturated rings. The van der Waals surface area contributed by atoms with Gasteiger partial charge in [-0.25, -0.2) is 0 Å². The summed E-state index contributed by atoms with van der Waals surface area (Å²) in [7, 11) is -2.61. The highest BCUT2D eigenvalue weighted by Crippen LogP contribution is 2.56. The monoisotopic (exact) mass is 590 g/mol. The topological polar surface area (TPSA) is 45.4 Å². The van der Waals surface area contributed by atoms with Gasteiger partial charge in [-0.15, -0.1) is 0 Å². The van der Waals surface area contributed by atoms with Gasteiger partial charge >= 0.3 is 8.56 Å². The smallest absolute Gasteiger partial charge is 0.344 e. The molecule has 5 aliphatic rings. The average molecular weight is 591 g/mol. The molecule has 0 unspecified atom stereocenters. The second-order valence-electron chi connectivity index (χ2n) is 14.9. The van der Waals surface area contributed by atoms with Crippen LogP contribution in [0.4, 0.5) is 0 Å². The van der Waals surface area contributed by atoms with Crippen LogP contribution in [0, 0.1) is 5.92 Å². The highest BCUT2D eigenvalue weighted by Gasteiger charge is 2.55. The Hall–Kier alpha value is -1.63. The predicted octanol–water partition coefficient (Wildman–Crippen LogP) is 8.86. The van der Waals surface area contributed by atoms with Gasteiger partial charge in [0.2, 0.25) is 0 Å². The normalized spacial score (nSPS) is 29.9. The van der Waals surface area contributed by atoms with Crippen molar-refractivity contribution in [1.82, 2.24) is 9.13 Å². The number of hydrogen-bond acceptors (Lipinski definition) is 3. The summed E-state index contributed by atoms with van der Waals surface area (Å²) >= 11 is 0. The average Bonchev–Trinajstić information content (AvgIpc) is 3.71. The molecule has 42 heavy (non-hydrogen) atoms. The zero-order valence-corrected chi connectivity index (χ0v) is 28.5. The summed E-state index contributed by atoms with van der Waals surface area (Å²) < 4.78 is 20.1. The Morgan fingerprint density at radius 2 is 1.48 bits per heavy atom. The van der Waals surface area contributed by atoms with Crippen LogP contribution in [0.25, 0.3) is 0 Å². The molecule has 2 aromatic heterocycles. The summed E-state index contributed by atoms with van der Waals surface area (Å²) in [5, 5.41) is 0. The van der Waals surface area contributed by atoms with E-state index in [1.807, 2.05) is 0 Å². The lowest BCUT2D eigenvalue weighted by molar-refractivity contribution is 0.0391. The van der Waals surface area contributed by atoms with Gasteiger partial charge in [0.1, 0.15) is 0 Å². The largest absolute Gasteiger partial charge is 0.390 e. The summed E-state index contributed by atoms with van der Waals surface area (Å²) in [5.74, 6) is 0.276. The Morgan fingerprint density at radius 1 is 0.833 bits per heavy atom. The molecule has 0 saturated heterocycles. The first-order valence-corrected chi connectivity index (χ1v) is 19.5. The van der Waals surface area contributed by atoms with Crippen LogP contribution in [0.15, 0.2) is 0 Å². The highest BCUT2D eigenvalue weighted by molar-refractivity contribution is 6.70. The Kier molecular flexibility index (Phi) is 7.26. The summed E-state index contributed by atoms with van der Waals surface area (Å²) in [6.07, 6.45) is 12.6. The fourth-order valence-electron chi connectivity index (χ4n) is 10.5. The first kappa shape index (κ1) is 29.1. The van der Waals surface area contributed by atoms with Crippen LogP contribution in [0.5, 0.6) is 0 Å². The molecule has 0 saturated carbocycles. The third-order valence-corrected chi connectivity index (χ3v) is 16.8. The van der Waals surface area contributed by atoms with E-state index in [1.165, 1.54) is 65.9 Å². The van der Waals surface area contributed by atoms with Crippen LogP contribution in [0.1, 0.15) is 168 Å². The van der Waals surface area contributed by atoms with Gasteiger partial charge < -0.3 is 18.0 Å². The summed E-state index contributed by atoms with van der Waals surface area (Å²) in [6.45, 7) is 18.4. The van der Waals surface area contributed by atoms with Gasteiger partial charge in [-0.1, -0.05) is 48.5 Å². The minimum absolute atomic E-state index is 0.0427. The first-order chi connectivity index (χ1) is 20.1. The number of hydrogen-bond donors (Lipinski definition) is 0. The Bertz CT molecular complexity index is 1390. The van der Waals surface area contributed by atoms with Gasteiger partial charge in [-0.05, 0) is 105 Å². The SMILES string of the molecule is CCc1c(C(=O)[C@H](C)[C@H]2c3c(CC)c4n5c3[C@H](C[C@H]5CCC4)O[Si](C(C)C)(C(C)C)O[C@H]2C)c2n3c1CCC[C@@H]3CC2. The van der Waals surface area contributed by atoms with Crippen molar-refractivity contribution in [3.63, 3.8) is 0 Å². The van der Waals surface area contributed by atoms with E-state index in [9.17, 15) is 0 Å². The molecule has 6 atom stereocenters. The number of carbonyl (C=O) groups is 1. The lowest BCUT2D eigenvalue weighted by Crippen LogP contribution is -2.53. The van der Waals surface area contributed by atoms with Gasteiger partial charge in [0.15, 0.2) is 5.78 Å². The van der Waals surface area contributed by atoms with Crippen molar-refractivity contribution in [2.75, 3.05) is 0 Å². The maximum absolute atomic E-state index is 15.1. The molecule has 0 N–H and O–H groups in total. The molecule has 5 aliphatic heterocycles. The fourth-order valence-corrected chi connectivity index (χ4v) is 14.4. The Labute approximate surface area is 255 Å². The van der Waals surface area contributed by atoms with Crippen LogP contribution in [-0.2, 0) is 41.0 Å². The minimum Gasteiger partial charge on any atom is -0.390 e. The lowest BCUT2D eigenvalue weighted by Gasteiger charge is -2.46. The number of ketones is 1. The van der Waals surface area contributed by atoms with Crippen LogP contribution in [0.3, 0.4) is 0 Å². The van der Waals surface area contributed by atoms with Crippen molar-refractivity contribution in [1.29, 1.82) is 0 Å². The standard InChI is InChI=1S/C36H54N2O3Si/c1-9-26-28-15-11-13-24-17-18-30(37(24)28)33(26)36(39)22(7)32-23(8)40-42(20(3)4,21(5)6)41-31-19-25-14-12-16-29-27(10-2)34(32)35(31)38(25)29/h20-25,31-32H,9-19H2,1-8H3/t22-,23+,24-,25-,31+,32-/m1/s1. The van der Waals surface area contributed by atoms with Gasteiger partial charge in [0.05, 0.1) is 17.9 Å². The molecule has 230 valence electrons. The quantitative estimate of drug-likeness (QED) is 0.239. The molecule has 0 aliphatic carbocycles. The van der Waals surface area contributed by atoms with Crippen molar-refractivity contribution in [2.45, 2.75) is 167 Å². The van der Waals surface area contributed by atoms with Crippen LogP contribution in [0.2, 0.25) is 11.1 Å². The molecule has 7 heterocycles. The summed E-state index contributed by atoms with van der Waals surface area (Å²) in [4.78, 5) is 15.1. The van der Waals surface area contributed by atoms with E-state index >= 15 is 4.79 Å². The van der Waals surface area contributed by atoms with E-state index in [4.69, 9.17) is 8.85 Å². The van der Waals surface area contributed by atoms with Gasteiger partial charge in [0.25, 0.3) is 0 Å². The van der Waals surface area contributed by atoms with Crippen LogP contribution < -0.4 is 0 Å². The summed E-state index contributed by atoms with van der Waals surface area (Å²) in [6, 6.07) is 1.14. The Balaban J connectivity index is 1.41. The molecule has 5 nitrogen and oxygen atoms in total. The maximum atomic E-state index is 15.1. The molecular formula is C36H54N2O3Si. The fraction of sp³-hybridized carbons (Fsp3) is 0.750. The Morgan fingerprint density at radius 3 is 2.12 bits per heavy atom. The molecule has 7 rings (SSSR count). The second-order valence-corrected chi connectivity index (χ2v) is 19.1. The maximum Gasteiger partial charge on any atom is 0.344 e. The van der Waals surface area contributed by atoms with Gasteiger partial charge in [-0.2, -0.15) is 0 Å². The molecular weight excluding hydrogens is 536 g/mol. The third-order valence-electron chi connectivity index (χ3n) is 12.2. The first-order valence-electron chi connectivity index (χ1n) is 17.5. The minimum atomic E-state index is -2.61. The van der Waals surface area contributed by atoms with Gasteiger partial charge in [0, 0.05) is 46.6 Å². The molecule has 0 spiro atoms. The van der Waals surface area contributed by atoms with Crippen LogP contribution >= 0.6 is 0 Å². The van der Waals surface area contributed by atoms with Crippen molar-refractivity contribution < 1.29 is 13.6 Å². The van der Waals surface area contributed by atoms with Crippen molar-refractivity contribution >= 4 is 14.3 Å². The number of nitrogens with zero attached hydrogens (tertiary/aromatic N) is 2. The molecule has 0 bridgehead atoms. The number of rotatable bonds is 7. The molecule has 0 radical (unpaired) electrons.